The van der Waals surface area contributed by atoms with E-state index < -0.39 is 5.54 Å². The molecule has 1 fully saturated rings. The summed E-state index contributed by atoms with van der Waals surface area (Å²) >= 11 is 0. The van der Waals surface area contributed by atoms with E-state index in [1.807, 2.05) is 30.3 Å². The van der Waals surface area contributed by atoms with Crippen LogP contribution in [0, 0.1) is 16.0 Å². The minimum absolute atomic E-state index is 0.158. The summed E-state index contributed by atoms with van der Waals surface area (Å²) in [6.07, 6.45) is 4.18. The maximum atomic E-state index is 11.6. The summed E-state index contributed by atoms with van der Waals surface area (Å²) in [5, 5.41) is 11.5. The highest BCUT2D eigenvalue weighted by Gasteiger charge is 2.62. The first-order chi connectivity index (χ1) is 9.14. The minimum atomic E-state index is -1.09. The molecule has 2 aliphatic rings. The summed E-state index contributed by atoms with van der Waals surface area (Å²) in [6, 6.07) is 9.43. The standard InChI is InChI=1S/C15H15NO3/c17-13-8-4-7-12(9-13)15(16(18)19)10-14(15)11-5-2-1-3-6-11/h1-3,5-6,10,12H,4,7-9H2/t12-,15-/m1/s1. The van der Waals surface area contributed by atoms with Crippen LogP contribution in [0.5, 0.6) is 0 Å². The van der Waals surface area contributed by atoms with Crippen LogP contribution in [0.2, 0.25) is 0 Å². The second kappa shape index (κ2) is 4.30. The van der Waals surface area contributed by atoms with Gasteiger partial charge in [0, 0.05) is 35.3 Å². The predicted octanol–water partition coefficient (Wildman–Crippen LogP) is 2.86. The van der Waals surface area contributed by atoms with E-state index in [9.17, 15) is 14.9 Å². The van der Waals surface area contributed by atoms with Crippen molar-refractivity contribution in [2.45, 2.75) is 31.2 Å². The van der Waals surface area contributed by atoms with Crippen LogP contribution in [0.3, 0.4) is 0 Å². The molecule has 0 saturated heterocycles. The second-order valence-corrected chi connectivity index (χ2v) is 5.34. The molecule has 0 radical (unpaired) electrons. The van der Waals surface area contributed by atoms with E-state index in [0.29, 0.717) is 12.8 Å². The number of carbonyl (C=O) groups excluding carboxylic acids is 1. The topological polar surface area (TPSA) is 60.2 Å². The summed E-state index contributed by atoms with van der Waals surface area (Å²) in [5.41, 5.74) is 0.590. The lowest BCUT2D eigenvalue weighted by Gasteiger charge is -2.25. The third-order valence-corrected chi connectivity index (χ3v) is 4.20. The van der Waals surface area contributed by atoms with E-state index in [-0.39, 0.29) is 16.6 Å². The maximum Gasteiger partial charge on any atom is 0.269 e. The Morgan fingerprint density at radius 1 is 1.26 bits per heavy atom. The zero-order valence-corrected chi connectivity index (χ0v) is 10.5. The summed E-state index contributed by atoms with van der Waals surface area (Å²) in [7, 11) is 0. The summed E-state index contributed by atoms with van der Waals surface area (Å²) in [6.45, 7) is 0. The molecule has 2 aliphatic carbocycles. The van der Waals surface area contributed by atoms with Crippen molar-refractivity contribution in [3.63, 3.8) is 0 Å². The molecule has 0 bridgehead atoms. The number of Topliss-reactive ketones (excluding diaryl/α,β-unsaturated/α-hetero) is 1. The lowest BCUT2D eigenvalue weighted by molar-refractivity contribution is -0.536. The molecule has 0 aromatic heterocycles. The lowest BCUT2D eigenvalue weighted by atomic mass is 9.78. The Morgan fingerprint density at radius 3 is 2.63 bits per heavy atom. The number of hydrogen-bond acceptors (Lipinski definition) is 3. The first-order valence-corrected chi connectivity index (χ1v) is 6.59. The summed E-state index contributed by atoms with van der Waals surface area (Å²) in [5.74, 6) is -0.0101. The van der Waals surface area contributed by atoms with E-state index in [4.69, 9.17) is 0 Å². The van der Waals surface area contributed by atoms with Crippen molar-refractivity contribution in [1.29, 1.82) is 0 Å². The van der Waals surface area contributed by atoms with Crippen LogP contribution in [-0.4, -0.2) is 16.2 Å². The third kappa shape index (κ3) is 1.87. The fourth-order valence-corrected chi connectivity index (χ4v) is 3.15. The molecule has 98 valence electrons. The Kier molecular flexibility index (Phi) is 2.73. The van der Waals surface area contributed by atoms with Crippen molar-refractivity contribution in [2.24, 2.45) is 5.92 Å². The lowest BCUT2D eigenvalue weighted by Crippen LogP contribution is -2.38. The van der Waals surface area contributed by atoms with Gasteiger partial charge in [-0.25, -0.2) is 0 Å². The molecule has 3 rings (SSSR count). The fourth-order valence-electron chi connectivity index (χ4n) is 3.15. The van der Waals surface area contributed by atoms with E-state index in [0.717, 1.165) is 24.0 Å². The van der Waals surface area contributed by atoms with Gasteiger partial charge in [0.15, 0.2) is 0 Å². The molecule has 0 spiro atoms. The van der Waals surface area contributed by atoms with Gasteiger partial charge in [0.05, 0.1) is 0 Å². The van der Waals surface area contributed by atoms with Gasteiger partial charge in [0.1, 0.15) is 5.78 Å². The summed E-state index contributed by atoms with van der Waals surface area (Å²) < 4.78 is 0. The van der Waals surface area contributed by atoms with Crippen molar-refractivity contribution in [1.82, 2.24) is 0 Å². The van der Waals surface area contributed by atoms with Crippen LogP contribution in [-0.2, 0) is 4.79 Å². The largest absolute Gasteiger partial charge is 0.300 e. The van der Waals surface area contributed by atoms with Crippen LogP contribution < -0.4 is 0 Å². The Labute approximate surface area is 111 Å². The van der Waals surface area contributed by atoms with Gasteiger partial charge >= 0.3 is 0 Å². The molecular weight excluding hydrogens is 242 g/mol. The highest BCUT2D eigenvalue weighted by Crippen LogP contribution is 2.53. The second-order valence-electron chi connectivity index (χ2n) is 5.34. The first kappa shape index (κ1) is 12.1. The molecule has 1 aromatic carbocycles. The van der Waals surface area contributed by atoms with Gasteiger partial charge in [0.25, 0.3) is 5.54 Å². The smallest absolute Gasteiger partial charge is 0.269 e. The molecule has 2 atom stereocenters. The molecule has 4 nitrogen and oxygen atoms in total. The molecule has 0 unspecified atom stereocenters. The Balaban J connectivity index is 1.88. The quantitative estimate of drug-likeness (QED) is 0.618. The van der Waals surface area contributed by atoms with Crippen LogP contribution in [0.1, 0.15) is 31.2 Å². The SMILES string of the molecule is O=C1CCC[C@@H]([C@]2([N+](=O)[O-])C=C2c2ccccc2)C1. The summed E-state index contributed by atoms with van der Waals surface area (Å²) in [4.78, 5) is 22.9. The van der Waals surface area contributed by atoms with E-state index in [1.54, 1.807) is 6.08 Å². The molecule has 0 amide bonds. The molecule has 0 heterocycles. The number of nitrogens with zero attached hydrogens (tertiary/aromatic N) is 1. The number of carbonyl (C=O) groups is 1. The highest BCUT2D eigenvalue weighted by molar-refractivity contribution is 5.89. The number of nitro groups is 1. The van der Waals surface area contributed by atoms with Gasteiger partial charge < -0.3 is 0 Å². The van der Waals surface area contributed by atoms with Crippen LogP contribution in [0.25, 0.3) is 5.57 Å². The van der Waals surface area contributed by atoms with Gasteiger partial charge in [-0.3, -0.25) is 14.9 Å². The van der Waals surface area contributed by atoms with Gasteiger partial charge in [-0.05, 0) is 18.4 Å². The van der Waals surface area contributed by atoms with Crippen LogP contribution in [0.4, 0.5) is 0 Å². The number of rotatable bonds is 3. The van der Waals surface area contributed by atoms with E-state index in [2.05, 4.69) is 0 Å². The normalized spacial score (nSPS) is 29.8. The molecular formula is C15H15NO3. The van der Waals surface area contributed by atoms with Crippen molar-refractivity contribution >= 4 is 11.4 Å². The average molecular weight is 257 g/mol. The van der Waals surface area contributed by atoms with E-state index >= 15 is 0 Å². The van der Waals surface area contributed by atoms with Gasteiger partial charge in [-0.1, -0.05) is 30.3 Å². The molecule has 1 saturated carbocycles. The molecule has 4 heteroatoms. The van der Waals surface area contributed by atoms with Crippen molar-refractivity contribution < 1.29 is 9.72 Å². The Morgan fingerprint density at radius 2 is 2.00 bits per heavy atom. The van der Waals surface area contributed by atoms with Crippen LogP contribution >= 0.6 is 0 Å². The van der Waals surface area contributed by atoms with Gasteiger partial charge in [-0.15, -0.1) is 0 Å². The predicted molar refractivity (Wildman–Crippen MR) is 71.1 cm³/mol. The first-order valence-electron chi connectivity index (χ1n) is 6.59. The fraction of sp³-hybridized carbons (Fsp3) is 0.400. The maximum absolute atomic E-state index is 11.6. The molecule has 19 heavy (non-hydrogen) atoms. The number of ketones is 1. The molecule has 0 N–H and O–H groups in total. The minimum Gasteiger partial charge on any atom is -0.300 e. The van der Waals surface area contributed by atoms with Crippen molar-refractivity contribution in [2.75, 3.05) is 0 Å². The van der Waals surface area contributed by atoms with Gasteiger partial charge in [-0.2, -0.15) is 0 Å². The van der Waals surface area contributed by atoms with Crippen LogP contribution in [0.15, 0.2) is 36.4 Å². The Bertz CT molecular complexity index is 564. The molecule has 0 aliphatic heterocycles. The van der Waals surface area contributed by atoms with E-state index in [1.165, 1.54) is 0 Å². The monoisotopic (exact) mass is 257 g/mol. The highest BCUT2D eigenvalue weighted by atomic mass is 16.6. The van der Waals surface area contributed by atoms with Crippen molar-refractivity contribution in [3.05, 3.63) is 52.1 Å². The van der Waals surface area contributed by atoms with Gasteiger partial charge in [0.2, 0.25) is 0 Å². The third-order valence-electron chi connectivity index (χ3n) is 4.20. The molecule has 1 aromatic rings. The Hall–Kier alpha value is -1.97. The number of hydrogen-bond donors (Lipinski definition) is 0. The average Bonchev–Trinajstić information content (AvgIpc) is 3.16. The van der Waals surface area contributed by atoms with Crippen molar-refractivity contribution in [3.8, 4) is 0 Å². The zero-order valence-electron chi connectivity index (χ0n) is 10.5. The zero-order chi connectivity index (χ0) is 13.5. The number of benzene rings is 1.